The lowest BCUT2D eigenvalue weighted by Gasteiger charge is -2.15. The third-order valence-electron chi connectivity index (χ3n) is 4.69. The summed E-state index contributed by atoms with van der Waals surface area (Å²) >= 11 is 0. The number of rotatable bonds is 8. The second-order valence-corrected chi connectivity index (χ2v) is 7.41. The van der Waals surface area contributed by atoms with Crippen molar-refractivity contribution in [1.29, 1.82) is 0 Å². The van der Waals surface area contributed by atoms with E-state index in [1.54, 1.807) is 62.5 Å². The fourth-order valence-electron chi connectivity index (χ4n) is 3.08. The minimum absolute atomic E-state index is 0.0294. The van der Waals surface area contributed by atoms with Gasteiger partial charge in [0.15, 0.2) is 17.7 Å². The van der Waals surface area contributed by atoms with Gasteiger partial charge in [0.25, 0.3) is 5.91 Å². The van der Waals surface area contributed by atoms with Crippen LogP contribution >= 0.6 is 0 Å². The number of pyridine rings is 1. The Morgan fingerprint density at radius 2 is 1.56 bits per heavy atom. The second kappa shape index (κ2) is 10.4. The molecule has 0 aliphatic carbocycles. The number of carbonyl (C=O) groups excluding carboxylic acids is 1. The maximum Gasteiger partial charge on any atom is 0.265 e. The van der Waals surface area contributed by atoms with Gasteiger partial charge in [-0.3, -0.25) is 4.79 Å². The molecule has 0 aliphatic rings. The average molecular weight is 458 g/mol. The minimum atomic E-state index is -0.872. The molecular formula is C25H23FN6O2. The van der Waals surface area contributed by atoms with Crippen LogP contribution in [0.15, 0.2) is 79.0 Å². The van der Waals surface area contributed by atoms with Crippen LogP contribution in [-0.2, 0) is 4.79 Å². The maximum atomic E-state index is 13.7. The van der Waals surface area contributed by atoms with Crippen molar-refractivity contribution in [3.05, 3.63) is 90.6 Å². The van der Waals surface area contributed by atoms with Crippen LogP contribution in [0.5, 0.6) is 5.75 Å². The Morgan fingerprint density at radius 3 is 2.26 bits per heavy atom. The zero-order valence-electron chi connectivity index (χ0n) is 18.6. The SMILES string of the molecule is Cc1nc(Nc2ccc(NC(=O)C(C)Oc3ccccc3F)cc2)cc(Nc2ccccn2)n1. The Bertz CT molecular complexity index is 1270. The standard InChI is InChI=1S/C25H23FN6O2/c1-16(34-21-8-4-3-7-20(21)26)25(33)31-19-12-10-18(11-13-19)30-23-15-24(29-17(2)28-23)32-22-9-5-6-14-27-22/h3-16H,1-2H3,(H,31,33)(H2,27,28,29,30,32). The summed E-state index contributed by atoms with van der Waals surface area (Å²) in [4.78, 5) is 25.5. The smallest absolute Gasteiger partial charge is 0.265 e. The zero-order valence-corrected chi connectivity index (χ0v) is 18.6. The molecule has 0 saturated carbocycles. The number of hydrogen-bond donors (Lipinski definition) is 3. The lowest BCUT2D eigenvalue weighted by Crippen LogP contribution is -2.30. The normalized spacial score (nSPS) is 11.4. The van der Waals surface area contributed by atoms with Gasteiger partial charge in [-0.2, -0.15) is 0 Å². The van der Waals surface area contributed by atoms with Gasteiger partial charge in [0, 0.05) is 23.6 Å². The highest BCUT2D eigenvalue weighted by molar-refractivity contribution is 5.94. The van der Waals surface area contributed by atoms with Gasteiger partial charge in [0.1, 0.15) is 23.3 Å². The van der Waals surface area contributed by atoms with Crippen LogP contribution in [-0.4, -0.2) is 27.0 Å². The van der Waals surface area contributed by atoms with Crippen LogP contribution < -0.4 is 20.7 Å². The molecule has 4 rings (SSSR count). The maximum absolute atomic E-state index is 13.7. The van der Waals surface area contributed by atoms with Gasteiger partial charge in [0.2, 0.25) is 0 Å². The Labute approximate surface area is 196 Å². The van der Waals surface area contributed by atoms with Gasteiger partial charge in [-0.1, -0.05) is 18.2 Å². The van der Waals surface area contributed by atoms with Crippen molar-refractivity contribution in [3.8, 4) is 5.75 Å². The molecular weight excluding hydrogens is 435 g/mol. The predicted molar refractivity (Wildman–Crippen MR) is 129 cm³/mol. The second-order valence-electron chi connectivity index (χ2n) is 7.41. The quantitative estimate of drug-likeness (QED) is 0.333. The third-order valence-corrected chi connectivity index (χ3v) is 4.69. The fourth-order valence-corrected chi connectivity index (χ4v) is 3.08. The number of carbonyl (C=O) groups is 1. The summed E-state index contributed by atoms with van der Waals surface area (Å²) in [6, 6.07) is 20.4. The number of aromatic nitrogens is 3. The Balaban J connectivity index is 1.37. The number of benzene rings is 2. The first-order valence-electron chi connectivity index (χ1n) is 10.6. The van der Waals surface area contributed by atoms with E-state index in [0.29, 0.717) is 29.0 Å². The van der Waals surface area contributed by atoms with Crippen LogP contribution in [0.3, 0.4) is 0 Å². The van der Waals surface area contributed by atoms with E-state index < -0.39 is 11.9 Å². The number of nitrogens with zero attached hydrogens (tertiary/aromatic N) is 3. The number of para-hydroxylation sites is 1. The number of anilines is 5. The number of halogens is 1. The summed E-state index contributed by atoms with van der Waals surface area (Å²) in [7, 11) is 0. The van der Waals surface area contributed by atoms with Crippen molar-refractivity contribution in [2.45, 2.75) is 20.0 Å². The van der Waals surface area contributed by atoms with Gasteiger partial charge in [-0.25, -0.2) is 19.3 Å². The van der Waals surface area contributed by atoms with E-state index in [2.05, 4.69) is 30.9 Å². The van der Waals surface area contributed by atoms with Crippen molar-refractivity contribution in [1.82, 2.24) is 15.0 Å². The molecule has 3 N–H and O–H groups in total. The van der Waals surface area contributed by atoms with E-state index in [1.807, 2.05) is 18.2 Å². The van der Waals surface area contributed by atoms with Crippen molar-refractivity contribution in [2.24, 2.45) is 0 Å². The highest BCUT2D eigenvalue weighted by Gasteiger charge is 2.16. The fraction of sp³-hybridized carbons (Fsp3) is 0.120. The molecule has 0 aliphatic heterocycles. The number of aryl methyl sites for hydroxylation is 1. The largest absolute Gasteiger partial charge is 0.478 e. The lowest BCUT2D eigenvalue weighted by atomic mass is 10.2. The number of amides is 1. The summed E-state index contributed by atoms with van der Waals surface area (Å²) in [5, 5.41) is 9.13. The molecule has 9 heteroatoms. The molecule has 34 heavy (non-hydrogen) atoms. The summed E-state index contributed by atoms with van der Waals surface area (Å²) in [6.07, 6.45) is 0.826. The van der Waals surface area contributed by atoms with Gasteiger partial charge in [-0.15, -0.1) is 0 Å². The monoisotopic (exact) mass is 458 g/mol. The van der Waals surface area contributed by atoms with Gasteiger partial charge in [0.05, 0.1) is 0 Å². The summed E-state index contributed by atoms with van der Waals surface area (Å²) < 4.78 is 19.2. The molecule has 0 fully saturated rings. The first-order chi connectivity index (χ1) is 16.5. The number of hydrogen-bond acceptors (Lipinski definition) is 7. The van der Waals surface area contributed by atoms with E-state index in [4.69, 9.17) is 4.74 Å². The van der Waals surface area contributed by atoms with Crippen LogP contribution in [0.1, 0.15) is 12.7 Å². The average Bonchev–Trinajstić information content (AvgIpc) is 2.82. The van der Waals surface area contributed by atoms with Crippen molar-refractivity contribution in [3.63, 3.8) is 0 Å². The van der Waals surface area contributed by atoms with E-state index in [-0.39, 0.29) is 11.7 Å². The summed E-state index contributed by atoms with van der Waals surface area (Å²) in [6.45, 7) is 3.36. The van der Waals surface area contributed by atoms with Gasteiger partial charge in [-0.05, 0) is 62.4 Å². The zero-order chi connectivity index (χ0) is 23.9. The third kappa shape index (κ3) is 6.04. The van der Waals surface area contributed by atoms with E-state index in [0.717, 1.165) is 5.69 Å². The Kier molecular flexibility index (Phi) is 6.92. The highest BCUT2D eigenvalue weighted by atomic mass is 19.1. The van der Waals surface area contributed by atoms with E-state index >= 15 is 0 Å². The van der Waals surface area contributed by atoms with Crippen molar-refractivity contribution in [2.75, 3.05) is 16.0 Å². The van der Waals surface area contributed by atoms with Gasteiger partial charge >= 0.3 is 0 Å². The topological polar surface area (TPSA) is 101 Å². The van der Waals surface area contributed by atoms with Crippen LogP contribution in [0.25, 0.3) is 0 Å². The first-order valence-corrected chi connectivity index (χ1v) is 10.6. The predicted octanol–water partition coefficient (Wildman–Crippen LogP) is 5.21. The van der Waals surface area contributed by atoms with Gasteiger partial charge < -0.3 is 20.7 Å². The molecule has 2 heterocycles. The summed E-state index contributed by atoms with van der Waals surface area (Å²) in [5.74, 6) is 1.62. The van der Waals surface area contributed by atoms with E-state index in [1.165, 1.54) is 12.1 Å². The van der Waals surface area contributed by atoms with Crippen LogP contribution in [0, 0.1) is 12.7 Å². The van der Waals surface area contributed by atoms with Crippen molar-refractivity contribution < 1.29 is 13.9 Å². The van der Waals surface area contributed by atoms with Crippen LogP contribution in [0.4, 0.5) is 33.2 Å². The summed E-state index contributed by atoms with van der Waals surface area (Å²) in [5.41, 5.74) is 1.35. The van der Waals surface area contributed by atoms with Crippen molar-refractivity contribution >= 4 is 34.7 Å². The molecule has 8 nitrogen and oxygen atoms in total. The molecule has 0 bridgehead atoms. The lowest BCUT2D eigenvalue weighted by molar-refractivity contribution is -0.122. The molecule has 4 aromatic rings. The Morgan fingerprint density at radius 1 is 0.882 bits per heavy atom. The molecule has 1 atom stereocenters. The molecule has 2 aromatic heterocycles. The number of ether oxygens (including phenoxy) is 1. The molecule has 0 radical (unpaired) electrons. The molecule has 0 spiro atoms. The van der Waals surface area contributed by atoms with E-state index in [9.17, 15) is 9.18 Å². The Hall–Kier alpha value is -4.53. The molecule has 172 valence electrons. The van der Waals surface area contributed by atoms with Crippen LogP contribution in [0.2, 0.25) is 0 Å². The minimum Gasteiger partial charge on any atom is -0.478 e. The molecule has 0 saturated heterocycles. The highest BCUT2D eigenvalue weighted by Crippen LogP contribution is 2.22. The molecule has 2 aromatic carbocycles. The molecule has 1 amide bonds. The number of nitrogens with one attached hydrogen (secondary N) is 3. The molecule has 1 unspecified atom stereocenters. The first kappa shape index (κ1) is 22.7.